The predicted octanol–water partition coefficient (Wildman–Crippen LogP) is -0.0163. The van der Waals surface area contributed by atoms with Crippen LogP contribution in [0.5, 0.6) is 0 Å². The van der Waals surface area contributed by atoms with Gasteiger partial charge >= 0.3 is 0 Å². The van der Waals surface area contributed by atoms with Gasteiger partial charge in [-0.2, -0.15) is 0 Å². The van der Waals surface area contributed by atoms with Crippen molar-refractivity contribution in [3.8, 4) is 0 Å². The standard InChI is InChI=1S/C9H14FIN2O4S/c10-6-5-13(3-1-8(6)17-11)9(14)7-2-4-18(15,16)12-7/h6-8,12H,1-5H2/t6-,7?,8+/m1/s1. The summed E-state index contributed by atoms with van der Waals surface area (Å²) in [4.78, 5) is 13.4. The molecule has 0 aromatic rings. The van der Waals surface area contributed by atoms with Crippen molar-refractivity contribution in [2.75, 3.05) is 18.8 Å². The van der Waals surface area contributed by atoms with Crippen LogP contribution in [0.15, 0.2) is 0 Å². The van der Waals surface area contributed by atoms with Crippen molar-refractivity contribution < 1.29 is 20.7 Å². The zero-order valence-corrected chi connectivity index (χ0v) is 12.5. The molecule has 1 N–H and O–H groups in total. The zero-order valence-electron chi connectivity index (χ0n) is 9.51. The van der Waals surface area contributed by atoms with Gasteiger partial charge in [-0.3, -0.25) is 4.79 Å². The van der Waals surface area contributed by atoms with Crippen molar-refractivity contribution in [1.29, 1.82) is 0 Å². The fraction of sp³-hybridized carbons (Fsp3) is 0.889. The lowest BCUT2D eigenvalue weighted by Gasteiger charge is -2.34. The lowest BCUT2D eigenvalue weighted by molar-refractivity contribution is -0.136. The average molecular weight is 392 g/mol. The van der Waals surface area contributed by atoms with Crippen molar-refractivity contribution in [2.45, 2.75) is 31.2 Å². The number of nitrogens with one attached hydrogen (secondary N) is 1. The molecule has 2 saturated heterocycles. The minimum absolute atomic E-state index is 0.0370. The van der Waals surface area contributed by atoms with E-state index in [0.717, 1.165) is 0 Å². The van der Waals surface area contributed by atoms with E-state index in [1.165, 1.54) is 4.90 Å². The van der Waals surface area contributed by atoms with E-state index >= 15 is 0 Å². The van der Waals surface area contributed by atoms with Gasteiger partial charge < -0.3 is 7.97 Å². The van der Waals surface area contributed by atoms with Crippen molar-refractivity contribution >= 4 is 38.9 Å². The Bertz CT molecular complexity index is 432. The van der Waals surface area contributed by atoms with Gasteiger partial charge in [0, 0.05) is 6.54 Å². The van der Waals surface area contributed by atoms with E-state index < -0.39 is 28.3 Å². The monoisotopic (exact) mass is 392 g/mol. The molecule has 0 saturated carbocycles. The topological polar surface area (TPSA) is 75.7 Å². The summed E-state index contributed by atoms with van der Waals surface area (Å²) >= 11 is 1.65. The Morgan fingerprint density at radius 1 is 1.44 bits per heavy atom. The number of halogens is 2. The van der Waals surface area contributed by atoms with Crippen LogP contribution in [0, 0.1) is 0 Å². The number of rotatable bonds is 2. The number of alkyl halides is 1. The van der Waals surface area contributed by atoms with Crippen LogP contribution in [-0.4, -0.2) is 56.4 Å². The van der Waals surface area contributed by atoms with Gasteiger partial charge in [-0.15, -0.1) is 0 Å². The quantitative estimate of drug-likeness (QED) is 0.671. The smallest absolute Gasteiger partial charge is 0.240 e. The Morgan fingerprint density at radius 2 is 2.17 bits per heavy atom. The summed E-state index contributed by atoms with van der Waals surface area (Å²) in [5, 5.41) is 0. The van der Waals surface area contributed by atoms with Gasteiger partial charge in [0.1, 0.15) is 41.3 Å². The number of carbonyl (C=O) groups is 1. The molecule has 2 fully saturated rings. The molecule has 0 bridgehead atoms. The third-order valence-corrected chi connectivity index (χ3v) is 5.27. The Balaban J connectivity index is 1.95. The van der Waals surface area contributed by atoms with Crippen LogP contribution in [0.2, 0.25) is 0 Å². The third kappa shape index (κ3) is 3.11. The molecular formula is C9H14FIN2O4S. The van der Waals surface area contributed by atoms with Gasteiger partial charge in [-0.1, -0.05) is 0 Å². The van der Waals surface area contributed by atoms with Crippen LogP contribution in [0.25, 0.3) is 0 Å². The SMILES string of the molecule is O=C(C1CCS(=O)(=O)N1)N1CC[C@H](OI)[C@H](F)C1. The normalized spacial score (nSPS) is 35.7. The van der Waals surface area contributed by atoms with Crippen LogP contribution in [0.4, 0.5) is 4.39 Å². The van der Waals surface area contributed by atoms with Crippen LogP contribution in [0.1, 0.15) is 12.8 Å². The molecule has 2 heterocycles. The van der Waals surface area contributed by atoms with Crippen molar-refractivity contribution in [2.24, 2.45) is 0 Å². The average Bonchev–Trinajstić information content (AvgIpc) is 2.68. The number of amides is 1. The summed E-state index contributed by atoms with van der Waals surface area (Å²) in [6.07, 6.45) is -1.04. The van der Waals surface area contributed by atoms with Gasteiger partial charge in [-0.05, 0) is 12.8 Å². The molecule has 2 aliphatic heterocycles. The van der Waals surface area contributed by atoms with Crippen molar-refractivity contribution in [3.05, 3.63) is 0 Å². The molecule has 0 aromatic heterocycles. The Labute approximate surface area is 119 Å². The molecule has 0 spiro atoms. The minimum atomic E-state index is -3.33. The van der Waals surface area contributed by atoms with Crippen molar-refractivity contribution in [3.63, 3.8) is 0 Å². The van der Waals surface area contributed by atoms with Crippen LogP contribution in [-0.2, 0) is 17.9 Å². The van der Waals surface area contributed by atoms with Gasteiger partial charge in [0.25, 0.3) is 0 Å². The summed E-state index contributed by atoms with van der Waals surface area (Å²) in [6, 6.07) is -0.737. The summed E-state index contributed by atoms with van der Waals surface area (Å²) < 4.78 is 43.3. The van der Waals surface area contributed by atoms with Gasteiger partial charge in [0.05, 0.1) is 12.3 Å². The first-order chi connectivity index (χ1) is 8.43. The number of sulfonamides is 1. The largest absolute Gasteiger partial charge is 0.338 e. The molecule has 2 rings (SSSR count). The number of nitrogens with zero attached hydrogens (tertiary/aromatic N) is 1. The predicted molar refractivity (Wildman–Crippen MR) is 70.3 cm³/mol. The Hall–Kier alpha value is -0.000000000000000167. The van der Waals surface area contributed by atoms with E-state index in [-0.39, 0.29) is 24.6 Å². The van der Waals surface area contributed by atoms with E-state index in [0.29, 0.717) is 13.0 Å². The first-order valence-corrected chi connectivity index (χ1v) is 8.16. The van der Waals surface area contributed by atoms with Gasteiger partial charge in [-0.25, -0.2) is 17.5 Å². The number of likely N-dealkylation sites (tertiary alicyclic amines) is 1. The summed E-state index contributed by atoms with van der Waals surface area (Å²) in [5.41, 5.74) is 0. The van der Waals surface area contributed by atoms with Crippen LogP contribution < -0.4 is 4.72 Å². The maximum atomic E-state index is 13.6. The molecule has 0 aromatic carbocycles. The first kappa shape index (κ1) is 14.4. The highest BCUT2D eigenvalue weighted by atomic mass is 127. The lowest BCUT2D eigenvalue weighted by atomic mass is 10.0. The second-order valence-electron chi connectivity index (χ2n) is 4.49. The van der Waals surface area contributed by atoms with E-state index in [1.807, 2.05) is 0 Å². The third-order valence-electron chi connectivity index (χ3n) is 3.20. The maximum absolute atomic E-state index is 13.6. The molecule has 9 heteroatoms. The fourth-order valence-corrected chi connectivity index (χ4v) is 4.07. The summed E-state index contributed by atoms with van der Waals surface area (Å²) in [5.74, 6) is -0.388. The molecule has 2 aliphatic rings. The number of carbonyl (C=O) groups excluding carboxylic acids is 1. The van der Waals surface area contributed by atoms with E-state index in [9.17, 15) is 17.6 Å². The van der Waals surface area contributed by atoms with Crippen LogP contribution in [0.3, 0.4) is 0 Å². The Kier molecular flexibility index (Phi) is 4.44. The summed E-state index contributed by atoms with van der Waals surface area (Å²) in [6.45, 7) is 0.357. The highest BCUT2D eigenvalue weighted by Crippen LogP contribution is 2.21. The van der Waals surface area contributed by atoms with Crippen LogP contribution >= 0.6 is 23.0 Å². The molecule has 18 heavy (non-hydrogen) atoms. The summed E-state index contributed by atoms with van der Waals surface area (Å²) in [7, 11) is -3.33. The highest BCUT2D eigenvalue weighted by Gasteiger charge is 2.38. The minimum Gasteiger partial charge on any atom is -0.338 e. The molecule has 1 amide bonds. The van der Waals surface area contributed by atoms with E-state index in [2.05, 4.69) is 4.72 Å². The van der Waals surface area contributed by atoms with Crippen molar-refractivity contribution in [1.82, 2.24) is 9.62 Å². The van der Waals surface area contributed by atoms with E-state index in [4.69, 9.17) is 3.07 Å². The second kappa shape index (κ2) is 5.55. The molecular weight excluding hydrogens is 378 g/mol. The fourth-order valence-electron chi connectivity index (χ4n) is 2.19. The molecule has 3 atom stereocenters. The second-order valence-corrected chi connectivity index (χ2v) is 6.88. The van der Waals surface area contributed by atoms with Gasteiger partial charge in [0.2, 0.25) is 15.9 Å². The number of hydrogen-bond acceptors (Lipinski definition) is 4. The molecule has 6 nitrogen and oxygen atoms in total. The molecule has 0 radical (unpaired) electrons. The zero-order chi connectivity index (χ0) is 13.3. The number of piperidine rings is 1. The maximum Gasteiger partial charge on any atom is 0.240 e. The highest BCUT2D eigenvalue weighted by molar-refractivity contribution is 14.1. The first-order valence-electron chi connectivity index (χ1n) is 5.63. The van der Waals surface area contributed by atoms with Gasteiger partial charge in [0.15, 0.2) is 0 Å². The molecule has 1 unspecified atom stereocenters. The van der Waals surface area contributed by atoms with E-state index in [1.54, 1.807) is 23.0 Å². The lowest BCUT2D eigenvalue weighted by Crippen LogP contribution is -2.52. The molecule has 0 aliphatic carbocycles. The number of hydrogen-bond donors (Lipinski definition) is 1. The molecule has 104 valence electrons. The Morgan fingerprint density at radius 3 is 2.67 bits per heavy atom.